The van der Waals surface area contributed by atoms with E-state index >= 15 is 0 Å². The van der Waals surface area contributed by atoms with Gasteiger partial charge in [-0.25, -0.2) is 0 Å². The first kappa shape index (κ1) is 14.6. The largest absolute Gasteiger partial charge is 0.294 e. The molecule has 0 aromatic rings. The van der Waals surface area contributed by atoms with E-state index in [0.29, 0.717) is 6.42 Å². The van der Waals surface area contributed by atoms with Gasteiger partial charge in [0.25, 0.3) is 0 Å². The molecule has 0 aliphatic rings. The lowest BCUT2D eigenvalue weighted by molar-refractivity contribution is -0.114. The fourth-order valence-electron chi connectivity index (χ4n) is 1.25. The average molecular weight is 218 g/mol. The second-order valence-electron chi connectivity index (χ2n) is 4.00. The van der Waals surface area contributed by atoms with E-state index in [1.54, 1.807) is 0 Å². The van der Waals surface area contributed by atoms with Gasteiger partial charge in [-0.3, -0.25) is 4.79 Å². The van der Waals surface area contributed by atoms with Crippen LogP contribution in [-0.4, -0.2) is 5.78 Å². The van der Waals surface area contributed by atoms with Crippen LogP contribution in [-0.2, 0) is 4.79 Å². The minimum Gasteiger partial charge on any atom is -0.294 e. The summed E-state index contributed by atoms with van der Waals surface area (Å²) in [5.74, 6) is 0.187. The first-order valence-corrected chi connectivity index (χ1v) is 5.64. The topological polar surface area (TPSA) is 17.1 Å². The molecular formula is C15H22O. The number of carbonyl (C=O) groups is 1. The van der Waals surface area contributed by atoms with Gasteiger partial charge in [-0.1, -0.05) is 36.0 Å². The summed E-state index contributed by atoms with van der Waals surface area (Å²) in [5, 5.41) is 0. The van der Waals surface area contributed by atoms with E-state index in [-0.39, 0.29) is 5.78 Å². The van der Waals surface area contributed by atoms with Crippen molar-refractivity contribution in [3.8, 4) is 0 Å². The zero-order valence-electron chi connectivity index (χ0n) is 11.0. The maximum Gasteiger partial charge on any atom is 0.162 e. The first-order valence-electron chi connectivity index (χ1n) is 5.64. The lowest BCUT2D eigenvalue weighted by atomic mass is 10.00. The van der Waals surface area contributed by atoms with Crippen LogP contribution in [0.4, 0.5) is 0 Å². The number of ketones is 1. The molecule has 88 valence electrons. The third-order valence-corrected chi connectivity index (χ3v) is 2.34. The average Bonchev–Trinajstić information content (AvgIpc) is 2.24. The molecule has 0 aliphatic carbocycles. The van der Waals surface area contributed by atoms with Gasteiger partial charge in [0.2, 0.25) is 0 Å². The Kier molecular flexibility index (Phi) is 7.19. The van der Waals surface area contributed by atoms with Gasteiger partial charge in [0, 0.05) is 6.42 Å². The molecule has 0 aromatic carbocycles. The maximum absolute atomic E-state index is 11.9. The number of carbonyl (C=O) groups excluding carboxylic acids is 1. The molecule has 0 aromatic heterocycles. The number of Topliss-reactive ketones (excluding diaryl/α,β-unsaturated/α-hetero) is 1. The van der Waals surface area contributed by atoms with Gasteiger partial charge in [0.05, 0.1) is 0 Å². The Morgan fingerprint density at radius 3 is 2.12 bits per heavy atom. The Bertz CT molecular complexity index is 348. The van der Waals surface area contributed by atoms with Crippen molar-refractivity contribution in [3.63, 3.8) is 0 Å². The predicted molar refractivity (Wildman–Crippen MR) is 71.4 cm³/mol. The van der Waals surface area contributed by atoms with Crippen LogP contribution in [0, 0.1) is 0 Å². The summed E-state index contributed by atoms with van der Waals surface area (Å²) in [4.78, 5) is 11.9. The molecule has 0 aliphatic heterocycles. The Labute approximate surface area is 99.3 Å². The Morgan fingerprint density at radius 2 is 1.69 bits per heavy atom. The molecule has 0 atom stereocenters. The normalized spacial score (nSPS) is 12.4. The molecule has 16 heavy (non-hydrogen) atoms. The summed E-state index contributed by atoms with van der Waals surface area (Å²) in [6.07, 6.45) is 10.2. The van der Waals surface area contributed by atoms with Crippen LogP contribution in [0.1, 0.15) is 41.0 Å². The van der Waals surface area contributed by atoms with Crippen LogP contribution in [0.3, 0.4) is 0 Å². The first-order chi connectivity index (χ1) is 7.52. The maximum atomic E-state index is 11.9. The van der Waals surface area contributed by atoms with Gasteiger partial charge >= 0.3 is 0 Å². The van der Waals surface area contributed by atoms with E-state index in [9.17, 15) is 4.79 Å². The smallest absolute Gasteiger partial charge is 0.162 e. The molecule has 0 rings (SSSR count). The van der Waals surface area contributed by atoms with Gasteiger partial charge in [-0.05, 0) is 45.8 Å². The number of hydrogen-bond acceptors (Lipinski definition) is 1. The standard InChI is InChI=1S/C15H22O/c1-6-8-10-13(5)15(16)11-14(9-7-2)12(3)4/h6-10H,11H2,1-5H3/b8-6-,9-7-,13-10+. The number of allylic oxidation sites excluding steroid dienone is 8. The van der Waals surface area contributed by atoms with Crippen molar-refractivity contribution in [3.05, 3.63) is 47.1 Å². The van der Waals surface area contributed by atoms with Crippen LogP contribution >= 0.6 is 0 Å². The van der Waals surface area contributed by atoms with Crippen molar-refractivity contribution in [1.82, 2.24) is 0 Å². The quantitative estimate of drug-likeness (QED) is 0.494. The zero-order valence-corrected chi connectivity index (χ0v) is 11.0. The van der Waals surface area contributed by atoms with Crippen molar-refractivity contribution in [2.75, 3.05) is 0 Å². The van der Waals surface area contributed by atoms with E-state index in [1.165, 1.54) is 5.57 Å². The SMILES string of the molecule is C/C=C\C=C(/C)C(=O)CC(/C=C\C)=C(C)C. The summed E-state index contributed by atoms with van der Waals surface area (Å²) >= 11 is 0. The lowest BCUT2D eigenvalue weighted by Crippen LogP contribution is -2.01. The molecule has 0 unspecified atom stereocenters. The fraction of sp³-hybridized carbons (Fsp3) is 0.400. The highest BCUT2D eigenvalue weighted by atomic mass is 16.1. The highest BCUT2D eigenvalue weighted by molar-refractivity contribution is 5.96. The van der Waals surface area contributed by atoms with Crippen molar-refractivity contribution < 1.29 is 4.79 Å². The predicted octanol–water partition coefficient (Wildman–Crippen LogP) is 4.38. The van der Waals surface area contributed by atoms with Crippen LogP contribution in [0.15, 0.2) is 47.1 Å². The molecule has 1 heteroatoms. The summed E-state index contributed by atoms with van der Waals surface area (Å²) in [6, 6.07) is 0. The zero-order chi connectivity index (χ0) is 12.6. The van der Waals surface area contributed by atoms with E-state index < -0.39 is 0 Å². The third-order valence-electron chi connectivity index (χ3n) is 2.34. The number of hydrogen-bond donors (Lipinski definition) is 0. The monoisotopic (exact) mass is 218 g/mol. The molecule has 0 radical (unpaired) electrons. The number of rotatable bonds is 5. The minimum absolute atomic E-state index is 0.187. The summed E-state index contributed by atoms with van der Waals surface area (Å²) in [6.45, 7) is 9.84. The molecule has 1 nitrogen and oxygen atoms in total. The van der Waals surface area contributed by atoms with Gasteiger partial charge < -0.3 is 0 Å². The highest BCUT2D eigenvalue weighted by Crippen LogP contribution is 2.13. The molecule has 0 amide bonds. The fourth-order valence-corrected chi connectivity index (χ4v) is 1.25. The van der Waals surface area contributed by atoms with E-state index in [0.717, 1.165) is 11.1 Å². The molecule has 0 N–H and O–H groups in total. The van der Waals surface area contributed by atoms with Gasteiger partial charge in [-0.15, -0.1) is 0 Å². The van der Waals surface area contributed by atoms with Crippen LogP contribution in [0.25, 0.3) is 0 Å². The minimum atomic E-state index is 0.187. The molecule has 0 fully saturated rings. The van der Waals surface area contributed by atoms with Crippen LogP contribution < -0.4 is 0 Å². The van der Waals surface area contributed by atoms with Crippen molar-refractivity contribution >= 4 is 5.78 Å². The molecule has 0 bridgehead atoms. The molecule has 0 saturated carbocycles. The van der Waals surface area contributed by atoms with Crippen LogP contribution in [0.2, 0.25) is 0 Å². The second-order valence-corrected chi connectivity index (χ2v) is 4.00. The van der Waals surface area contributed by atoms with Crippen molar-refractivity contribution in [2.24, 2.45) is 0 Å². The third kappa shape index (κ3) is 5.50. The van der Waals surface area contributed by atoms with Gasteiger partial charge in [-0.2, -0.15) is 0 Å². The van der Waals surface area contributed by atoms with Crippen molar-refractivity contribution in [2.45, 2.75) is 41.0 Å². The summed E-state index contributed by atoms with van der Waals surface area (Å²) < 4.78 is 0. The molecule has 0 saturated heterocycles. The Hall–Kier alpha value is -1.37. The Balaban J connectivity index is 4.73. The van der Waals surface area contributed by atoms with E-state index in [1.807, 2.05) is 65.0 Å². The van der Waals surface area contributed by atoms with Gasteiger partial charge in [0.15, 0.2) is 5.78 Å². The van der Waals surface area contributed by atoms with E-state index in [4.69, 9.17) is 0 Å². The highest BCUT2D eigenvalue weighted by Gasteiger charge is 2.06. The lowest BCUT2D eigenvalue weighted by Gasteiger charge is -2.04. The summed E-state index contributed by atoms with van der Waals surface area (Å²) in [5.41, 5.74) is 3.12. The molecule has 0 heterocycles. The van der Waals surface area contributed by atoms with Gasteiger partial charge in [0.1, 0.15) is 0 Å². The van der Waals surface area contributed by atoms with Crippen LogP contribution in [0.5, 0.6) is 0 Å². The Morgan fingerprint density at radius 1 is 1.06 bits per heavy atom. The second kappa shape index (κ2) is 7.86. The molecular weight excluding hydrogens is 196 g/mol. The molecule has 0 spiro atoms. The van der Waals surface area contributed by atoms with Crippen molar-refractivity contribution in [1.29, 1.82) is 0 Å². The van der Waals surface area contributed by atoms with E-state index in [2.05, 4.69) is 0 Å². The summed E-state index contributed by atoms with van der Waals surface area (Å²) in [7, 11) is 0.